The molecule has 6 heteroatoms. The first kappa shape index (κ1) is 19.7. The molecule has 27 heavy (non-hydrogen) atoms. The first-order chi connectivity index (χ1) is 13.2. The van der Waals surface area contributed by atoms with Gasteiger partial charge in [0.05, 0.1) is 31.4 Å². The molecule has 144 valence electrons. The van der Waals surface area contributed by atoms with E-state index in [4.69, 9.17) is 21.1 Å². The molecule has 2 aromatic rings. The van der Waals surface area contributed by atoms with Crippen LogP contribution in [-0.2, 0) is 4.74 Å². The molecule has 1 amide bonds. The Morgan fingerprint density at radius 2 is 1.89 bits per heavy atom. The Kier molecular flexibility index (Phi) is 7.10. The summed E-state index contributed by atoms with van der Waals surface area (Å²) in [6.45, 7) is 5.99. The van der Waals surface area contributed by atoms with Gasteiger partial charge in [0.2, 0.25) is 0 Å². The summed E-state index contributed by atoms with van der Waals surface area (Å²) in [5.74, 6) is 0.471. The SMILES string of the molecule is CCOc1ccccc1C(=O)NC[C@@H](c1ccc(Cl)cc1)N1CCOCC1. The van der Waals surface area contributed by atoms with Gasteiger partial charge in [-0.3, -0.25) is 9.69 Å². The number of carbonyl (C=O) groups excluding carboxylic acids is 1. The highest BCUT2D eigenvalue weighted by molar-refractivity contribution is 6.30. The average Bonchev–Trinajstić information content (AvgIpc) is 2.71. The molecule has 1 N–H and O–H groups in total. The number of hydrogen-bond acceptors (Lipinski definition) is 4. The summed E-state index contributed by atoms with van der Waals surface area (Å²) in [6, 6.07) is 15.2. The molecule has 1 heterocycles. The van der Waals surface area contributed by atoms with Gasteiger partial charge in [0, 0.05) is 24.7 Å². The van der Waals surface area contributed by atoms with Gasteiger partial charge in [-0.05, 0) is 36.8 Å². The van der Waals surface area contributed by atoms with Crippen LogP contribution in [0.5, 0.6) is 5.75 Å². The molecular formula is C21H25ClN2O3. The summed E-state index contributed by atoms with van der Waals surface area (Å²) in [4.78, 5) is 15.1. The van der Waals surface area contributed by atoms with Crippen molar-refractivity contribution >= 4 is 17.5 Å². The summed E-state index contributed by atoms with van der Waals surface area (Å²) in [6.07, 6.45) is 0. The molecule has 0 unspecified atom stereocenters. The Hall–Kier alpha value is -2.08. The van der Waals surface area contributed by atoms with Crippen LogP contribution in [0.1, 0.15) is 28.9 Å². The molecule has 0 aliphatic carbocycles. The molecule has 2 aromatic carbocycles. The van der Waals surface area contributed by atoms with Gasteiger partial charge in [0.15, 0.2) is 0 Å². The van der Waals surface area contributed by atoms with Crippen LogP contribution in [0.15, 0.2) is 48.5 Å². The smallest absolute Gasteiger partial charge is 0.255 e. The van der Waals surface area contributed by atoms with Gasteiger partial charge in [0.25, 0.3) is 5.91 Å². The van der Waals surface area contributed by atoms with E-state index in [1.807, 2.05) is 49.4 Å². The lowest BCUT2D eigenvalue weighted by molar-refractivity contribution is 0.0162. The van der Waals surface area contributed by atoms with E-state index in [0.29, 0.717) is 42.7 Å². The largest absolute Gasteiger partial charge is 0.493 e. The fourth-order valence-corrected chi connectivity index (χ4v) is 3.38. The predicted molar refractivity (Wildman–Crippen MR) is 107 cm³/mol. The minimum atomic E-state index is -0.133. The van der Waals surface area contributed by atoms with Crippen molar-refractivity contribution in [2.75, 3.05) is 39.5 Å². The maximum absolute atomic E-state index is 12.8. The highest BCUT2D eigenvalue weighted by Crippen LogP contribution is 2.24. The lowest BCUT2D eigenvalue weighted by Gasteiger charge is -2.35. The maximum atomic E-state index is 12.8. The average molecular weight is 389 g/mol. The minimum Gasteiger partial charge on any atom is -0.493 e. The molecule has 5 nitrogen and oxygen atoms in total. The van der Waals surface area contributed by atoms with E-state index >= 15 is 0 Å². The van der Waals surface area contributed by atoms with Crippen LogP contribution in [0.4, 0.5) is 0 Å². The number of hydrogen-bond donors (Lipinski definition) is 1. The molecular weight excluding hydrogens is 364 g/mol. The highest BCUT2D eigenvalue weighted by atomic mass is 35.5. The van der Waals surface area contributed by atoms with Crippen LogP contribution in [0.25, 0.3) is 0 Å². The Morgan fingerprint density at radius 3 is 2.59 bits per heavy atom. The fraction of sp³-hybridized carbons (Fsp3) is 0.381. The van der Waals surface area contributed by atoms with E-state index in [1.54, 1.807) is 6.07 Å². The number of nitrogens with one attached hydrogen (secondary N) is 1. The van der Waals surface area contributed by atoms with Gasteiger partial charge in [-0.15, -0.1) is 0 Å². The number of carbonyl (C=O) groups is 1. The third kappa shape index (κ3) is 5.22. The van der Waals surface area contributed by atoms with Crippen LogP contribution in [0, 0.1) is 0 Å². The van der Waals surface area contributed by atoms with Crippen LogP contribution < -0.4 is 10.1 Å². The number of para-hydroxylation sites is 1. The molecule has 0 radical (unpaired) electrons. The lowest BCUT2D eigenvalue weighted by Crippen LogP contribution is -2.43. The first-order valence-electron chi connectivity index (χ1n) is 9.26. The van der Waals surface area contributed by atoms with E-state index in [0.717, 1.165) is 18.7 Å². The van der Waals surface area contributed by atoms with Gasteiger partial charge >= 0.3 is 0 Å². The quantitative estimate of drug-likeness (QED) is 0.788. The topological polar surface area (TPSA) is 50.8 Å². The highest BCUT2D eigenvalue weighted by Gasteiger charge is 2.24. The zero-order valence-corrected chi connectivity index (χ0v) is 16.2. The van der Waals surface area contributed by atoms with Gasteiger partial charge in [-0.1, -0.05) is 35.9 Å². The van der Waals surface area contributed by atoms with Crippen molar-refractivity contribution in [2.24, 2.45) is 0 Å². The van der Waals surface area contributed by atoms with Crippen LogP contribution in [-0.4, -0.2) is 50.3 Å². The van der Waals surface area contributed by atoms with Crippen molar-refractivity contribution in [3.05, 3.63) is 64.7 Å². The number of morpholine rings is 1. The third-order valence-corrected chi connectivity index (χ3v) is 4.88. The molecule has 1 atom stereocenters. The fourth-order valence-electron chi connectivity index (χ4n) is 3.25. The van der Waals surface area contributed by atoms with Crippen LogP contribution in [0.3, 0.4) is 0 Å². The van der Waals surface area contributed by atoms with E-state index < -0.39 is 0 Å². The second-order valence-electron chi connectivity index (χ2n) is 6.35. The predicted octanol–water partition coefficient (Wildman–Crippen LogP) is 3.54. The monoisotopic (exact) mass is 388 g/mol. The van der Waals surface area contributed by atoms with E-state index in [1.165, 1.54) is 0 Å². The second kappa shape index (κ2) is 9.74. The van der Waals surface area contributed by atoms with Gasteiger partial charge in [-0.2, -0.15) is 0 Å². The zero-order valence-electron chi connectivity index (χ0n) is 15.5. The lowest BCUT2D eigenvalue weighted by atomic mass is 10.0. The molecule has 1 saturated heterocycles. The number of rotatable bonds is 7. The normalized spacial score (nSPS) is 15.9. The Labute approximate surface area is 165 Å². The molecule has 1 aliphatic heterocycles. The summed E-state index contributed by atoms with van der Waals surface area (Å²) in [5.41, 5.74) is 1.68. The molecule has 0 bridgehead atoms. The number of nitrogens with zero attached hydrogens (tertiary/aromatic N) is 1. The maximum Gasteiger partial charge on any atom is 0.255 e. The van der Waals surface area contributed by atoms with Crippen molar-refractivity contribution in [3.63, 3.8) is 0 Å². The van der Waals surface area contributed by atoms with Gasteiger partial charge in [0.1, 0.15) is 5.75 Å². The summed E-state index contributed by atoms with van der Waals surface area (Å²) in [7, 11) is 0. The van der Waals surface area contributed by atoms with E-state index in [9.17, 15) is 4.79 Å². The first-order valence-corrected chi connectivity index (χ1v) is 9.64. The van der Waals surface area contributed by atoms with Crippen LogP contribution >= 0.6 is 11.6 Å². The third-order valence-electron chi connectivity index (χ3n) is 4.63. The number of ether oxygens (including phenoxy) is 2. The minimum absolute atomic E-state index is 0.0642. The molecule has 1 fully saturated rings. The van der Waals surface area contributed by atoms with E-state index in [-0.39, 0.29) is 11.9 Å². The van der Waals surface area contributed by atoms with Crippen molar-refractivity contribution in [1.29, 1.82) is 0 Å². The Bertz CT molecular complexity index is 745. The molecule has 0 aromatic heterocycles. The molecule has 0 saturated carbocycles. The van der Waals surface area contributed by atoms with Gasteiger partial charge < -0.3 is 14.8 Å². The van der Waals surface area contributed by atoms with E-state index in [2.05, 4.69) is 10.2 Å². The van der Waals surface area contributed by atoms with Crippen molar-refractivity contribution in [2.45, 2.75) is 13.0 Å². The zero-order chi connectivity index (χ0) is 19.1. The van der Waals surface area contributed by atoms with Crippen molar-refractivity contribution < 1.29 is 14.3 Å². The van der Waals surface area contributed by atoms with Crippen molar-refractivity contribution in [1.82, 2.24) is 10.2 Å². The molecule has 1 aliphatic rings. The number of halogens is 1. The second-order valence-corrected chi connectivity index (χ2v) is 6.79. The standard InChI is InChI=1S/C21H25ClN2O3/c1-2-27-20-6-4-3-5-18(20)21(25)23-15-19(24-11-13-26-14-12-24)16-7-9-17(22)10-8-16/h3-10,19H,2,11-15H2,1H3,(H,23,25)/t19-/m0/s1. The summed E-state index contributed by atoms with van der Waals surface area (Å²) < 4.78 is 11.1. The molecule has 0 spiro atoms. The number of benzene rings is 2. The van der Waals surface area contributed by atoms with Crippen LogP contribution in [0.2, 0.25) is 5.02 Å². The molecule has 3 rings (SSSR count). The number of amides is 1. The van der Waals surface area contributed by atoms with Crippen molar-refractivity contribution in [3.8, 4) is 5.75 Å². The summed E-state index contributed by atoms with van der Waals surface area (Å²) in [5, 5.41) is 3.78. The summed E-state index contributed by atoms with van der Waals surface area (Å²) >= 11 is 6.04. The van der Waals surface area contributed by atoms with Gasteiger partial charge in [-0.25, -0.2) is 0 Å². The Morgan fingerprint density at radius 1 is 1.19 bits per heavy atom. The Balaban J connectivity index is 1.74.